The number of nitrogens with zero attached hydrogens (tertiary/aromatic N) is 2. The van der Waals surface area contributed by atoms with Crippen LogP contribution in [0.3, 0.4) is 0 Å². The smallest absolute Gasteiger partial charge is 0.274 e. The zero-order chi connectivity index (χ0) is 16.9. The Morgan fingerprint density at radius 2 is 2.17 bits per heavy atom. The summed E-state index contributed by atoms with van der Waals surface area (Å²) in [5.74, 6) is 0.765. The zero-order valence-corrected chi connectivity index (χ0v) is 14.4. The van der Waals surface area contributed by atoms with E-state index in [-0.39, 0.29) is 5.91 Å². The molecule has 2 aromatic rings. The van der Waals surface area contributed by atoms with Crippen molar-refractivity contribution in [3.63, 3.8) is 0 Å². The second kappa shape index (κ2) is 7.62. The fourth-order valence-electron chi connectivity index (χ4n) is 2.97. The van der Waals surface area contributed by atoms with E-state index < -0.39 is 0 Å². The number of carbonyl (C=O) groups excluding carboxylic acids is 1. The van der Waals surface area contributed by atoms with Crippen LogP contribution in [0.4, 0.5) is 0 Å². The topological polar surface area (TPSA) is 58.2 Å². The fraction of sp³-hybridized carbons (Fsp3) is 0.474. The van der Waals surface area contributed by atoms with Crippen LogP contribution < -0.4 is 0 Å². The number of aromatic amines is 1. The summed E-state index contributed by atoms with van der Waals surface area (Å²) < 4.78 is 5.81. The molecule has 0 aliphatic carbocycles. The number of H-pyrrole nitrogens is 1. The van der Waals surface area contributed by atoms with Gasteiger partial charge in [-0.1, -0.05) is 44.2 Å². The van der Waals surface area contributed by atoms with Crippen molar-refractivity contribution < 1.29 is 9.53 Å². The van der Waals surface area contributed by atoms with Crippen LogP contribution in [-0.4, -0.2) is 40.7 Å². The highest BCUT2D eigenvalue weighted by molar-refractivity contribution is 5.92. The van der Waals surface area contributed by atoms with Crippen molar-refractivity contribution in [2.75, 3.05) is 19.7 Å². The van der Waals surface area contributed by atoms with Gasteiger partial charge in [0.15, 0.2) is 0 Å². The average Bonchev–Trinajstić information content (AvgIpc) is 3.25. The molecule has 2 heterocycles. The molecule has 1 N–H and O–H groups in total. The Labute approximate surface area is 143 Å². The Bertz CT molecular complexity index is 666. The Balaban J connectivity index is 1.47. The summed E-state index contributed by atoms with van der Waals surface area (Å²) in [6, 6.07) is 12.0. The number of hydrogen-bond donors (Lipinski definition) is 1. The molecule has 1 aliphatic heterocycles. The van der Waals surface area contributed by atoms with Gasteiger partial charge in [0.05, 0.1) is 13.2 Å². The lowest BCUT2D eigenvalue weighted by atomic mass is 10.1. The number of ether oxygens (including phenoxy) is 1. The summed E-state index contributed by atoms with van der Waals surface area (Å²) >= 11 is 0. The lowest BCUT2D eigenvalue weighted by molar-refractivity contribution is 0.0728. The molecule has 0 spiro atoms. The summed E-state index contributed by atoms with van der Waals surface area (Å²) in [6.07, 6.45) is 0.988. The third-order valence-corrected chi connectivity index (χ3v) is 4.48. The second-order valence-corrected chi connectivity index (χ2v) is 6.77. The van der Waals surface area contributed by atoms with Crippen molar-refractivity contribution >= 4 is 5.91 Å². The molecule has 24 heavy (non-hydrogen) atoms. The predicted molar refractivity (Wildman–Crippen MR) is 92.8 cm³/mol. The van der Waals surface area contributed by atoms with E-state index in [9.17, 15) is 4.79 Å². The molecular formula is C19H25N3O2. The number of nitrogens with one attached hydrogen (secondary N) is 1. The van der Waals surface area contributed by atoms with Gasteiger partial charge in [-0.25, -0.2) is 0 Å². The van der Waals surface area contributed by atoms with Crippen LogP contribution in [0.25, 0.3) is 0 Å². The molecule has 1 saturated heterocycles. The fourth-order valence-corrected chi connectivity index (χ4v) is 2.97. The molecule has 5 nitrogen and oxygen atoms in total. The molecule has 1 unspecified atom stereocenters. The maximum Gasteiger partial charge on any atom is 0.274 e. The molecule has 3 rings (SSSR count). The summed E-state index contributed by atoms with van der Waals surface area (Å²) in [5, 5.41) is 7.11. The summed E-state index contributed by atoms with van der Waals surface area (Å²) in [5.41, 5.74) is 2.70. The molecule has 1 amide bonds. The number of carbonyl (C=O) groups is 1. The van der Waals surface area contributed by atoms with Gasteiger partial charge < -0.3 is 9.64 Å². The SMILES string of the molecule is CC(C)c1cc(C(=O)N2CCC(COCc3ccccc3)C2)n[nH]1. The number of amides is 1. The van der Waals surface area contributed by atoms with Crippen LogP contribution in [0.15, 0.2) is 36.4 Å². The van der Waals surface area contributed by atoms with Crippen molar-refractivity contribution in [1.29, 1.82) is 0 Å². The van der Waals surface area contributed by atoms with Crippen LogP contribution >= 0.6 is 0 Å². The van der Waals surface area contributed by atoms with E-state index in [1.54, 1.807) is 0 Å². The Morgan fingerprint density at radius 1 is 1.38 bits per heavy atom. The molecule has 128 valence electrons. The highest BCUT2D eigenvalue weighted by Crippen LogP contribution is 2.20. The molecule has 5 heteroatoms. The van der Waals surface area contributed by atoms with Gasteiger partial charge in [0, 0.05) is 24.7 Å². The molecule has 1 atom stereocenters. The molecular weight excluding hydrogens is 302 g/mol. The summed E-state index contributed by atoms with van der Waals surface area (Å²) in [7, 11) is 0. The lowest BCUT2D eigenvalue weighted by Crippen LogP contribution is -2.29. The van der Waals surface area contributed by atoms with E-state index >= 15 is 0 Å². The van der Waals surface area contributed by atoms with E-state index in [2.05, 4.69) is 36.2 Å². The second-order valence-electron chi connectivity index (χ2n) is 6.77. The van der Waals surface area contributed by atoms with E-state index in [1.807, 2.05) is 29.2 Å². The first-order valence-electron chi connectivity index (χ1n) is 8.59. The number of benzene rings is 1. The number of rotatable bonds is 6. The van der Waals surface area contributed by atoms with Crippen LogP contribution in [0.5, 0.6) is 0 Å². The van der Waals surface area contributed by atoms with Gasteiger partial charge in [-0.05, 0) is 24.0 Å². The summed E-state index contributed by atoms with van der Waals surface area (Å²) in [4.78, 5) is 14.4. The highest BCUT2D eigenvalue weighted by Gasteiger charge is 2.28. The van der Waals surface area contributed by atoms with Crippen molar-refractivity contribution in [2.24, 2.45) is 5.92 Å². The highest BCUT2D eigenvalue weighted by atomic mass is 16.5. The van der Waals surface area contributed by atoms with E-state index in [0.29, 0.717) is 30.7 Å². The molecule has 1 aromatic heterocycles. The predicted octanol–water partition coefficient (Wildman–Crippen LogP) is 3.21. The minimum Gasteiger partial charge on any atom is -0.376 e. The maximum atomic E-state index is 12.5. The minimum atomic E-state index is 0.0173. The van der Waals surface area contributed by atoms with E-state index in [0.717, 1.165) is 25.2 Å². The van der Waals surface area contributed by atoms with Gasteiger partial charge >= 0.3 is 0 Å². The number of likely N-dealkylation sites (tertiary alicyclic amines) is 1. The van der Waals surface area contributed by atoms with Crippen molar-refractivity contribution in [3.8, 4) is 0 Å². The van der Waals surface area contributed by atoms with Crippen molar-refractivity contribution in [2.45, 2.75) is 32.8 Å². The van der Waals surface area contributed by atoms with Crippen LogP contribution in [0.2, 0.25) is 0 Å². The van der Waals surface area contributed by atoms with Gasteiger partial charge in [0.1, 0.15) is 5.69 Å². The maximum absolute atomic E-state index is 12.5. The number of hydrogen-bond acceptors (Lipinski definition) is 3. The Morgan fingerprint density at radius 3 is 2.88 bits per heavy atom. The summed E-state index contributed by atoms with van der Waals surface area (Å²) in [6.45, 7) is 7.01. The first kappa shape index (κ1) is 16.7. The Kier molecular flexibility index (Phi) is 5.30. The first-order chi connectivity index (χ1) is 11.6. The van der Waals surface area contributed by atoms with Crippen molar-refractivity contribution in [1.82, 2.24) is 15.1 Å². The third kappa shape index (κ3) is 4.03. The van der Waals surface area contributed by atoms with Gasteiger partial charge in [-0.2, -0.15) is 5.10 Å². The minimum absolute atomic E-state index is 0.0173. The number of aromatic nitrogens is 2. The largest absolute Gasteiger partial charge is 0.376 e. The van der Waals surface area contributed by atoms with Crippen LogP contribution in [0, 0.1) is 5.92 Å². The molecule has 1 aromatic carbocycles. The average molecular weight is 327 g/mol. The van der Waals surface area contributed by atoms with Gasteiger partial charge in [-0.15, -0.1) is 0 Å². The first-order valence-corrected chi connectivity index (χ1v) is 8.59. The standard InChI is InChI=1S/C19H25N3O2/c1-14(2)17-10-18(21-20-17)19(23)22-9-8-16(11-22)13-24-12-15-6-4-3-5-7-15/h3-7,10,14,16H,8-9,11-13H2,1-2H3,(H,20,21). The molecule has 0 radical (unpaired) electrons. The Hall–Kier alpha value is -2.14. The quantitative estimate of drug-likeness (QED) is 0.886. The van der Waals surface area contributed by atoms with Gasteiger partial charge in [-0.3, -0.25) is 9.89 Å². The van der Waals surface area contributed by atoms with E-state index in [4.69, 9.17) is 4.74 Å². The normalized spacial score (nSPS) is 17.6. The van der Waals surface area contributed by atoms with E-state index in [1.165, 1.54) is 5.56 Å². The van der Waals surface area contributed by atoms with Gasteiger partial charge in [0.2, 0.25) is 0 Å². The van der Waals surface area contributed by atoms with Crippen LogP contribution in [0.1, 0.15) is 47.9 Å². The zero-order valence-electron chi connectivity index (χ0n) is 14.4. The van der Waals surface area contributed by atoms with Gasteiger partial charge in [0.25, 0.3) is 5.91 Å². The molecule has 0 saturated carbocycles. The molecule has 0 bridgehead atoms. The lowest BCUT2D eigenvalue weighted by Gasteiger charge is -2.15. The van der Waals surface area contributed by atoms with Crippen LogP contribution in [-0.2, 0) is 11.3 Å². The third-order valence-electron chi connectivity index (χ3n) is 4.48. The molecule has 1 fully saturated rings. The monoisotopic (exact) mass is 327 g/mol. The van der Waals surface area contributed by atoms with Crippen molar-refractivity contribution in [3.05, 3.63) is 53.3 Å². The molecule has 1 aliphatic rings.